The summed E-state index contributed by atoms with van der Waals surface area (Å²) in [7, 11) is 0. The third kappa shape index (κ3) is 3.75. The highest BCUT2D eigenvalue weighted by atomic mass is 79.9. The number of ether oxygens (including phenoxy) is 1. The van der Waals surface area contributed by atoms with Gasteiger partial charge in [-0.2, -0.15) is 0 Å². The molecule has 0 radical (unpaired) electrons. The molecule has 0 aliphatic carbocycles. The minimum atomic E-state index is -0.524. The van der Waals surface area contributed by atoms with Gasteiger partial charge >= 0.3 is 0 Å². The van der Waals surface area contributed by atoms with Crippen molar-refractivity contribution in [1.82, 2.24) is 0 Å². The van der Waals surface area contributed by atoms with Crippen molar-refractivity contribution in [3.8, 4) is 5.75 Å². The normalized spacial score (nSPS) is 12.2. The van der Waals surface area contributed by atoms with E-state index in [9.17, 15) is 8.78 Å². The Morgan fingerprint density at radius 2 is 1.89 bits per heavy atom. The van der Waals surface area contributed by atoms with Crippen LogP contribution in [0, 0.1) is 11.6 Å². The molecule has 0 spiro atoms. The lowest BCUT2D eigenvalue weighted by Crippen LogP contribution is -2.18. The lowest BCUT2D eigenvalue weighted by Gasteiger charge is -2.18. The van der Waals surface area contributed by atoms with Crippen molar-refractivity contribution < 1.29 is 13.5 Å². The van der Waals surface area contributed by atoms with E-state index in [2.05, 4.69) is 15.9 Å². The average molecular weight is 328 g/mol. The van der Waals surface area contributed by atoms with Gasteiger partial charge in [0.05, 0.1) is 0 Å². The maximum Gasteiger partial charge on any atom is 0.136 e. The highest BCUT2D eigenvalue weighted by Gasteiger charge is 2.13. The summed E-state index contributed by atoms with van der Waals surface area (Å²) < 4.78 is 32.6. The third-order valence-electron chi connectivity index (χ3n) is 2.55. The summed E-state index contributed by atoms with van der Waals surface area (Å²) in [4.78, 5) is 0. The van der Waals surface area contributed by atoms with Gasteiger partial charge in [-0.1, -0.05) is 28.1 Å². The first-order valence-corrected chi connectivity index (χ1v) is 6.46. The largest absolute Gasteiger partial charge is 0.484 e. The molecule has 0 amide bonds. The van der Waals surface area contributed by atoms with E-state index in [1.54, 1.807) is 18.2 Å². The summed E-state index contributed by atoms with van der Waals surface area (Å²) in [5.41, 5.74) is 6.24. The summed E-state index contributed by atoms with van der Waals surface area (Å²) in [6.07, 6.45) is -0.524. The molecule has 0 heterocycles. The molecule has 0 saturated heterocycles. The molecule has 0 saturated carbocycles. The molecule has 2 aromatic carbocycles. The SMILES string of the molecule is NCC(Oc1cc(F)cc(Br)c1)c1cccc(F)c1. The van der Waals surface area contributed by atoms with Gasteiger partial charge in [0.1, 0.15) is 23.5 Å². The second kappa shape index (κ2) is 6.12. The second-order valence-electron chi connectivity index (χ2n) is 4.00. The number of nitrogens with two attached hydrogens (primary N) is 1. The number of benzene rings is 2. The molecule has 0 fully saturated rings. The van der Waals surface area contributed by atoms with Crippen LogP contribution in [0.3, 0.4) is 0 Å². The molecule has 1 unspecified atom stereocenters. The molecule has 1 atom stereocenters. The Labute approximate surface area is 118 Å². The molecular formula is C14H12BrF2NO. The molecule has 5 heteroatoms. The van der Waals surface area contributed by atoms with Gasteiger partial charge in [0.2, 0.25) is 0 Å². The molecule has 2 nitrogen and oxygen atoms in total. The van der Waals surface area contributed by atoms with E-state index >= 15 is 0 Å². The van der Waals surface area contributed by atoms with Crippen molar-refractivity contribution in [2.45, 2.75) is 6.10 Å². The fraction of sp³-hybridized carbons (Fsp3) is 0.143. The molecule has 0 aliphatic rings. The van der Waals surface area contributed by atoms with Crippen LogP contribution >= 0.6 is 15.9 Å². The maximum atomic E-state index is 13.2. The summed E-state index contributed by atoms with van der Waals surface area (Å²) in [5.74, 6) is -0.439. The van der Waals surface area contributed by atoms with Gasteiger partial charge in [-0.25, -0.2) is 8.78 Å². The number of hydrogen-bond acceptors (Lipinski definition) is 2. The van der Waals surface area contributed by atoms with Crippen molar-refractivity contribution in [2.75, 3.05) is 6.54 Å². The number of rotatable bonds is 4. The Kier molecular flexibility index (Phi) is 4.50. The first kappa shape index (κ1) is 14.0. The van der Waals surface area contributed by atoms with Gasteiger partial charge in [-0.15, -0.1) is 0 Å². The van der Waals surface area contributed by atoms with Crippen LogP contribution in [0.15, 0.2) is 46.9 Å². The van der Waals surface area contributed by atoms with Crippen LogP contribution in [-0.4, -0.2) is 6.54 Å². The Balaban J connectivity index is 2.23. The lowest BCUT2D eigenvalue weighted by atomic mass is 10.1. The quantitative estimate of drug-likeness (QED) is 0.926. The van der Waals surface area contributed by atoms with E-state index in [1.165, 1.54) is 24.3 Å². The summed E-state index contributed by atoms with van der Waals surface area (Å²) in [6, 6.07) is 10.2. The topological polar surface area (TPSA) is 35.2 Å². The first-order chi connectivity index (χ1) is 9.08. The molecule has 2 N–H and O–H groups in total. The molecule has 2 rings (SSSR count). The zero-order chi connectivity index (χ0) is 13.8. The van der Waals surface area contributed by atoms with E-state index in [0.29, 0.717) is 15.8 Å². The van der Waals surface area contributed by atoms with Crippen LogP contribution in [0.1, 0.15) is 11.7 Å². The molecule has 19 heavy (non-hydrogen) atoms. The van der Waals surface area contributed by atoms with Crippen molar-refractivity contribution in [1.29, 1.82) is 0 Å². The Hall–Kier alpha value is -1.46. The molecular weight excluding hydrogens is 316 g/mol. The molecule has 100 valence electrons. The summed E-state index contributed by atoms with van der Waals surface area (Å²) >= 11 is 3.18. The second-order valence-corrected chi connectivity index (χ2v) is 4.92. The zero-order valence-corrected chi connectivity index (χ0v) is 11.5. The summed E-state index contributed by atoms with van der Waals surface area (Å²) in [6.45, 7) is 0.164. The van der Waals surface area contributed by atoms with Gasteiger partial charge in [0.25, 0.3) is 0 Å². The van der Waals surface area contributed by atoms with Crippen LogP contribution in [0.5, 0.6) is 5.75 Å². The monoisotopic (exact) mass is 327 g/mol. The van der Waals surface area contributed by atoms with Crippen LogP contribution in [0.4, 0.5) is 8.78 Å². The fourth-order valence-corrected chi connectivity index (χ4v) is 2.16. The summed E-state index contributed by atoms with van der Waals surface area (Å²) in [5, 5.41) is 0. The zero-order valence-electron chi connectivity index (χ0n) is 9.95. The molecule has 0 aromatic heterocycles. The Morgan fingerprint density at radius 3 is 2.53 bits per heavy atom. The first-order valence-electron chi connectivity index (χ1n) is 5.67. The highest BCUT2D eigenvalue weighted by Crippen LogP contribution is 2.26. The Morgan fingerprint density at radius 1 is 1.11 bits per heavy atom. The predicted molar refractivity (Wildman–Crippen MR) is 72.9 cm³/mol. The number of hydrogen-bond donors (Lipinski definition) is 1. The van der Waals surface area contributed by atoms with E-state index in [4.69, 9.17) is 10.5 Å². The van der Waals surface area contributed by atoms with Gasteiger partial charge in [-0.3, -0.25) is 0 Å². The minimum Gasteiger partial charge on any atom is -0.484 e. The van der Waals surface area contributed by atoms with E-state index in [0.717, 1.165) is 0 Å². The molecule has 0 bridgehead atoms. The lowest BCUT2D eigenvalue weighted by molar-refractivity contribution is 0.212. The van der Waals surface area contributed by atoms with Gasteiger partial charge < -0.3 is 10.5 Å². The predicted octanol–water partition coefficient (Wildman–Crippen LogP) is 3.81. The highest BCUT2D eigenvalue weighted by molar-refractivity contribution is 9.10. The standard InChI is InChI=1S/C14H12BrF2NO/c15-10-5-12(17)7-13(6-10)19-14(8-18)9-2-1-3-11(16)4-9/h1-7,14H,8,18H2. The van der Waals surface area contributed by atoms with Gasteiger partial charge in [0.15, 0.2) is 0 Å². The maximum absolute atomic E-state index is 13.2. The van der Waals surface area contributed by atoms with Gasteiger partial charge in [-0.05, 0) is 29.8 Å². The van der Waals surface area contributed by atoms with Crippen LogP contribution < -0.4 is 10.5 Å². The van der Waals surface area contributed by atoms with Crippen LogP contribution in [0.25, 0.3) is 0 Å². The van der Waals surface area contributed by atoms with E-state index in [-0.39, 0.29) is 12.4 Å². The van der Waals surface area contributed by atoms with Crippen LogP contribution in [0.2, 0.25) is 0 Å². The van der Waals surface area contributed by atoms with Crippen LogP contribution in [-0.2, 0) is 0 Å². The van der Waals surface area contributed by atoms with E-state index in [1.807, 2.05) is 0 Å². The third-order valence-corrected chi connectivity index (χ3v) is 3.01. The van der Waals surface area contributed by atoms with Gasteiger partial charge in [0, 0.05) is 17.1 Å². The number of halogens is 3. The van der Waals surface area contributed by atoms with Crippen molar-refractivity contribution >= 4 is 15.9 Å². The minimum absolute atomic E-state index is 0.164. The molecule has 2 aromatic rings. The van der Waals surface area contributed by atoms with Crippen molar-refractivity contribution in [2.24, 2.45) is 5.73 Å². The fourth-order valence-electron chi connectivity index (χ4n) is 1.72. The molecule has 0 aliphatic heterocycles. The van der Waals surface area contributed by atoms with E-state index < -0.39 is 11.9 Å². The average Bonchev–Trinajstić information content (AvgIpc) is 2.34. The smallest absolute Gasteiger partial charge is 0.136 e. The Bertz CT molecular complexity index is 557. The van der Waals surface area contributed by atoms with Crippen molar-refractivity contribution in [3.05, 3.63) is 64.1 Å². The van der Waals surface area contributed by atoms with Crippen molar-refractivity contribution in [3.63, 3.8) is 0 Å².